The van der Waals surface area contributed by atoms with Crippen molar-refractivity contribution in [2.75, 3.05) is 13.7 Å². The third kappa shape index (κ3) is 3.21. The highest BCUT2D eigenvalue weighted by molar-refractivity contribution is 5.53. The summed E-state index contributed by atoms with van der Waals surface area (Å²) in [6.45, 7) is 2.07. The van der Waals surface area contributed by atoms with Crippen LogP contribution in [0.3, 0.4) is 0 Å². The maximum atomic E-state index is 12.6. The number of nitrogens with one attached hydrogen (secondary N) is 1. The van der Waals surface area contributed by atoms with Crippen molar-refractivity contribution in [3.05, 3.63) is 70.0 Å². The number of aromatic nitrogens is 4. The second-order valence-corrected chi connectivity index (χ2v) is 6.21. The highest BCUT2D eigenvalue weighted by Gasteiger charge is 2.22. The minimum absolute atomic E-state index is 0.0864. The molecule has 0 atom stereocenters. The number of hydrogen-bond donors (Lipinski definition) is 1. The van der Waals surface area contributed by atoms with Gasteiger partial charge < -0.3 is 9.72 Å². The van der Waals surface area contributed by atoms with Gasteiger partial charge in [0.25, 0.3) is 5.56 Å². The van der Waals surface area contributed by atoms with Gasteiger partial charge in [-0.1, -0.05) is 6.07 Å². The van der Waals surface area contributed by atoms with Crippen LogP contribution in [0.15, 0.2) is 47.7 Å². The summed E-state index contributed by atoms with van der Waals surface area (Å²) in [6, 6.07) is 7.61. The number of rotatable bonds is 4. The van der Waals surface area contributed by atoms with Gasteiger partial charge in [0, 0.05) is 55.8 Å². The Hall–Kier alpha value is -3.06. The Morgan fingerprint density at radius 3 is 2.96 bits per heavy atom. The van der Waals surface area contributed by atoms with E-state index in [1.54, 1.807) is 25.7 Å². The quantitative estimate of drug-likeness (QED) is 0.773. The molecule has 26 heavy (non-hydrogen) atoms. The fourth-order valence-electron chi connectivity index (χ4n) is 3.22. The van der Waals surface area contributed by atoms with Gasteiger partial charge in [0.15, 0.2) is 0 Å². The summed E-state index contributed by atoms with van der Waals surface area (Å²) < 4.78 is 5.32. The molecule has 1 aliphatic heterocycles. The lowest BCUT2D eigenvalue weighted by Gasteiger charge is -2.28. The van der Waals surface area contributed by atoms with E-state index in [4.69, 9.17) is 4.74 Å². The SMILES string of the molecule is COc1ncccc1CN1CCc2nc(-c3cccnc3)[nH]c(=O)c2C1. The second-order valence-electron chi connectivity index (χ2n) is 6.21. The zero-order valence-corrected chi connectivity index (χ0v) is 14.5. The summed E-state index contributed by atoms with van der Waals surface area (Å²) >= 11 is 0. The lowest BCUT2D eigenvalue weighted by molar-refractivity contribution is 0.237. The molecule has 0 fully saturated rings. The minimum Gasteiger partial charge on any atom is -0.481 e. The summed E-state index contributed by atoms with van der Waals surface area (Å²) in [6.07, 6.45) is 5.84. The smallest absolute Gasteiger partial charge is 0.255 e. The lowest BCUT2D eigenvalue weighted by atomic mass is 10.1. The van der Waals surface area contributed by atoms with Gasteiger partial charge in [-0.05, 0) is 18.2 Å². The molecule has 0 unspecified atom stereocenters. The summed E-state index contributed by atoms with van der Waals surface area (Å²) in [5, 5.41) is 0. The van der Waals surface area contributed by atoms with E-state index < -0.39 is 0 Å². The minimum atomic E-state index is -0.0864. The Morgan fingerprint density at radius 1 is 1.27 bits per heavy atom. The molecule has 0 bridgehead atoms. The van der Waals surface area contributed by atoms with Crippen LogP contribution in [-0.2, 0) is 19.5 Å². The molecule has 0 spiro atoms. The normalized spacial score (nSPS) is 14.0. The number of methoxy groups -OCH3 is 1. The first kappa shape index (κ1) is 16.4. The van der Waals surface area contributed by atoms with Crippen molar-refractivity contribution in [2.45, 2.75) is 19.5 Å². The van der Waals surface area contributed by atoms with Crippen LogP contribution in [0.2, 0.25) is 0 Å². The van der Waals surface area contributed by atoms with Crippen molar-refractivity contribution in [3.8, 4) is 17.3 Å². The fraction of sp³-hybridized carbons (Fsp3) is 0.263. The molecule has 1 N–H and O–H groups in total. The maximum absolute atomic E-state index is 12.6. The van der Waals surface area contributed by atoms with Crippen molar-refractivity contribution in [3.63, 3.8) is 0 Å². The van der Waals surface area contributed by atoms with E-state index >= 15 is 0 Å². The molecular weight excluding hydrogens is 330 g/mol. The van der Waals surface area contributed by atoms with Crippen molar-refractivity contribution in [1.82, 2.24) is 24.8 Å². The maximum Gasteiger partial charge on any atom is 0.255 e. The van der Waals surface area contributed by atoms with E-state index in [-0.39, 0.29) is 5.56 Å². The molecule has 0 amide bonds. The molecule has 0 aromatic carbocycles. The number of hydrogen-bond acceptors (Lipinski definition) is 6. The average Bonchev–Trinajstić information content (AvgIpc) is 2.69. The molecule has 7 nitrogen and oxygen atoms in total. The Bertz CT molecular complexity index is 971. The van der Waals surface area contributed by atoms with Gasteiger partial charge in [-0.2, -0.15) is 0 Å². The fourth-order valence-corrected chi connectivity index (χ4v) is 3.22. The molecule has 4 rings (SSSR count). The molecule has 1 aliphatic rings. The van der Waals surface area contributed by atoms with E-state index in [0.29, 0.717) is 24.8 Å². The van der Waals surface area contributed by atoms with Crippen LogP contribution in [0.5, 0.6) is 5.88 Å². The molecule has 7 heteroatoms. The van der Waals surface area contributed by atoms with Crippen LogP contribution >= 0.6 is 0 Å². The summed E-state index contributed by atoms with van der Waals surface area (Å²) in [5.41, 5.74) is 3.33. The van der Waals surface area contributed by atoms with Crippen LogP contribution < -0.4 is 10.3 Å². The number of pyridine rings is 2. The topological polar surface area (TPSA) is 84.0 Å². The van der Waals surface area contributed by atoms with Gasteiger partial charge in [0.2, 0.25) is 5.88 Å². The third-order valence-electron chi connectivity index (χ3n) is 4.52. The summed E-state index contributed by atoms with van der Waals surface area (Å²) in [5.74, 6) is 1.20. The first-order valence-corrected chi connectivity index (χ1v) is 8.47. The van der Waals surface area contributed by atoms with Crippen molar-refractivity contribution >= 4 is 0 Å². The van der Waals surface area contributed by atoms with Gasteiger partial charge in [-0.3, -0.25) is 14.7 Å². The number of nitrogens with zero attached hydrogens (tertiary/aromatic N) is 4. The van der Waals surface area contributed by atoms with E-state index in [1.807, 2.05) is 24.3 Å². The van der Waals surface area contributed by atoms with Crippen molar-refractivity contribution in [1.29, 1.82) is 0 Å². The highest BCUT2D eigenvalue weighted by atomic mass is 16.5. The van der Waals surface area contributed by atoms with E-state index in [9.17, 15) is 4.79 Å². The Balaban J connectivity index is 1.59. The Morgan fingerprint density at radius 2 is 2.15 bits per heavy atom. The predicted octanol–water partition coefficient (Wildman–Crippen LogP) is 1.79. The summed E-state index contributed by atoms with van der Waals surface area (Å²) in [4.78, 5) is 30.7. The second kappa shape index (κ2) is 7.05. The van der Waals surface area contributed by atoms with E-state index in [2.05, 4.69) is 24.8 Å². The molecule has 0 radical (unpaired) electrons. The van der Waals surface area contributed by atoms with Crippen LogP contribution in [0.25, 0.3) is 11.4 Å². The molecule has 4 heterocycles. The van der Waals surface area contributed by atoms with Gasteiger partial charge in [0.05, 0.1) is 18.4 Å². The molecule has 0 saturated carbocycles. The number of fused-ring (bicyclic) bond motifs is 1. The molecule has 132 valence electrons. The summed E-state index contributed by atoms with van der Waals surface area (Å²) in [7, 11) is 1.62. The average molecular weight is 349 g/mol. The van der Waals surface area contributed by atoms with Crippen LogP contribution in [-0.4, -0.2) is 38.5 Å². The predicted molar refractivity (Wildman–Crippen MR) is 96.7 cm³/mol. The monoisotopic (exact) mass is 349 g/mol. The van der Waals surface area contributed by atoms with E-state index in [0.717, 1.165) is 35.3 Å². The molecule has 0 aliphatic carbocycles. The largest absolute Gasteiger partial charge is 0.481 e. The van der Waals surface area contributed by atoms with Crippen LogP contribution in [0, 0.1) is 0 Å². The van der Waals surface area contributed by atoms with Gasteiger partial charge >= 0.3 is 0 Å². The van der Waals surface area contributed by atoms with Gasteiger partial charge in [-0.25, -0.2) is 9.97 Å². The molecule has 3 aromatic rings. The number of H-pyrrole nitrogens is 1. The number of ether oxygens (including phenoxy) is 1. The molecular formula is C19H19N5O2. The van der Waals surface area contributed by atoms with Gasteiger partial charge in [-0.15, -0.1) is 0 Å². The molecule has 3 aromatic heterocycles. The first-order chi connectivity index (χ1) is 12.7. The third-order valence-corrected chi connectivity index (χ3v) is 4.52. The Labute approximate surface area is 150 Å². The standard InChI is InChI=1S/C19H19N5O2/c1-26-19-14(5-3-8-21-19)11-24-9-6-16-15(12-24)18(25)23-17(22-16)13-4-2-7-20-10-13/h2-5,7-8,10H,6,9,11-12H2,1H3,(H,22,23,25). The van der Waals surface area contributed by atoms with Crippen LogP contribution in [0.1, 0.15) is 16.8 Å². The first-order valence-electron chi connectivity index (χ1n) is 8.47. The molecule has 0 saturated heterocycles. The highest BCUT2D eigenvalue weighted by Crippen LogP contribution is 2.22. The Kier molecular flexibility index (Phi) is 4.45. The number of aromatic amines is 1. The van der Waals surface area contributed by atoms with Gasteiger partial charge in [0.1, 0.15) is 5.82 Å². The van der Waals surface area contributed by atoms with Crippen LogP contribution in [0.4, 0.5) is 0 Å². The zero-order chi connectivity index (χ0) is 17.9. The lowest BCUT2D eigenvalue weighted by Crippen LogP contribution is -2.35. The van der Waals surface area contributed by atoms with Crippen molar-refractivity contribution in [2.24, 2.45) is 0 Å². The van der Waals surface area contributed by atoms with Crippen molar-refractivity contribution < 1.29 is 4.74 Å². The zero-order valence-electron chi connectivity index (χ0n) is 14.5. The van der Waals surface area contributed by atoms with E-state index in [1.165, 1.54) is 0 Å².